The smallest absolute Gasteiger partial charge is 0.0871 e. The molecule has 0 spiro atoms. The summed E-state index contributed by atoms with van der Waals surface area (Å²) in [7, 11) is 1.78. The van der Waals surface area contributed by atoms with Gasteiger partial charge in [0.25, 0.3) is 0 Å². The molecule has 2 unspecified atom stereocenters. The van der Waals surface area contributed by atoms with Crippen LogP contribution in [0, 0.1) is 29.1 Å². The van der Waals surface area contributed by atoms with Crippen molar-refractivity contribution in [2.45, 2.75) is 18.4 Å². The molecule has 4 rings (SSSR count). The minimum Gasteiger partial charge on any atom is -0.385 e. The number of allylic oxidation sites excluding steroid dienone is 3. The highest BCUT2D eigenvalue weighted by Crippen LogP contribution is 2.73. The van der Waals surface area contributed by atoms with Crippen LogP contribution in [-0.4, -0.2) is 24.4 Å². The second kappa shape index (κ2) is 2.62. The Morgan fingerprint density at radius 3 is 3.00 bits per heavy atom. The Morgan fingerprint density at radius 2 is 2.19 bits per heavy atom. The number of hydrogen-bond acceptors (Lipinski definition) is 2. The highest BCUT2D eigenvalue weighted by atomic mass is 16.5. The average Bonchev–Trinajstić information content (AvgIpc) is 2.77. The maximum absolute atomic E-state index is 10.7. The summed E-state index contributed by atoms with van der Waals surface area (Å²) in [6, 6.07) is 0. The zero-order chi connectivity index (χ0) is 11.0. The van der Waals surface area contributed by atoms with Crippen molar-refractivity contribution in [2.24, 2.45) is 29.1 Å². The van der Waals surface area contributed by atoms with Gasteiger partial charge in [-0.05, 0) is 24.7 Å². The van der Waals surface area contributed by atoms with Gasteiger partial charge in [0.1, 0.15) is 0 Å². The van der Waals surface area contributed by atoms with E-state index >= 15 is 0 Å². The summed E-state index contributed by atoms with van der Waals surface area (Å²) in [6.45, 7) is 0.806. The van der Waals surface area contributed by atoms with Crippen LogP contribution in [0.1, 0.15) is 12.8 Å². The first-order valence-electron chi connectivity index (χ1n) is 6.29. The molecular weight excluding hydrogens is 200 g/mol. The fourth-order valence-electron chi connectivity index (χ4n) is 4.76. The van der Waals surface area contributed by atoms with E-state index in [0.29, 0.717) is 17.8 Å². The van der Waals surface area contributed by atoms with Crippen LogP contribution < -0.4 is 0 Å². The molecule has 0 radical (unpaired) electrons. The Morgan fingerprint density at radius 1 is 1.31 bits per heavy atom. The minimum absolute atomic E-state index is 0.246. The van der Waals surface area contributed by atoms with Crippen molar-refractivity contribution in [3.05, 3.63) is 24.3 Å². The topological polar surface area (TPSA) is 29.5 Å². The van der Waals surface area contributed by atoms with E-state index in [1.165, 1.54) is 6.42 Å². The van der Waals surface area contributed by atoms with Gasteiger partial charge < -0.3 is 9.84 Å². The number of methoxy groups -OCH3 is 1. The van der Waals surface area contributed by atoms with Crippen molar-refractivity contribution in [1.29, 1.82) is 0 Å². The summed E-state index contributed by atoms with van der Waals surface area (Å²) in [5.74, 6) is 2.34. The summed E-state index contributed by atoms with van der Waals surface area (Å²) in [5, 5.41) is 10.7. The lowest BCUT2D eigenvalue weighted by atomic mass is 9.69. The van der Waals surface area contributed by atoms with Gasteiger partial charge in [0.05, 0.1) is 12.2 Å². The molecule has 0 saturated heterocycles. The zero-order valence-electron chi connectivity index (χ0n) is 9.60. The van der Waals surface area contributed by atoms with E-state index in [0.717, 1.165) is 18.9 Å². The molecule has 6 atom stereocenters. The Labute approximate surface area is 96.0 Å². The summed E-state index contributed by atoms with van der Waals surface area (Å²) < 4.78 is 5.40. The van der Waals surface area contributed by atoms with Gasteiger partial charge in [-0.25, -0.2) is 0 Å². The van der Waals surface area contributed by atoms with Crippen molar-refractivity contribution in [2.75, 3.05) is 13.7 Å². The zero-order valence-corrected chi connectivity index (χ0v) is 9.60. The summed E-state index contributed by atoms with van der Waals surface area (Å²) in [6.07, 6.45) is 11.1. The predicted molar refractivity (Wildman–Crippen MR) is 60.7 cm³/mol. The second-order valence-electron chi connectivity index (χ2n) is 6.13. The molecule has 2 saturated carbocycles. The SMILES string of the molecule is COC[C@@]12C[C@@]3(O)C=C[C@H]4C=CC1C2C[C@H]43. The molecule has 2 heteroatoms. The van der Waals surface area contributed by atoms with E-state index in [1.54, 1.807) is 7.11 Å². The van der Waals surface area contributed by atoms with Crippen LogP contribution in [0.4, 0.5) is 0 Å². The Balaban J connectivity index is 1.80. The fourth-order valence-corrected chi connectivity index (χ4v) is 4.76. The molecule has 0 aromatic heterocycles. The molecule has 0 heterocycles. The van der Waals surface area contributed by atoms with Gasteiger partial charge in [0.15, 0.2) is 0 Å². The first-order chi connectivity index (χ1) is 7.70. The number of ether oxygens (including phenoxy) is 1. The van der Waals surface area contributed by atoms with Gasteiger partial charge in [-0.15, -0.1) is 0 Å². The lowest BCUT2D eigenvalue weighted by molar-refractivity contribution is -0.0452. The first-order valence-corrected chi connectivity index (χ1v) is 6.29. The van der Waals surface area contributed by atoms with Crippen molar-refractivity contribution >= 4 is 0 Å². The quantitative estimate of drug-likeness (QED) is 0.716. The van der Waals surface area contributed by atoms with E-state index in [4.69, 9.17) is 4.74 Å². The Hall–Kier alpha value is -0.600. The highest BCUT2D eigenvalue weighted by Gasteiger charge is 2.71. The lowest BCUT2D eigenvalue weighted by Crippen LogP contribution is -2.43. The summed E-state index contributed by atoms with van der Waals surface area (Å²) in [5.41, 5.74) is -0.296. The maximum Gasteiger partial charge on any atom is 0.0871 e. The molecule has 2 fully saturated rings. The minimum atomic E-state index is -0.542. The van der Waals surface area contributed by atoms with Gasteiger partial charge in [-0.1, -0.05) is 24.3 Å². The molecule has 0 aromatic rings. The molecule has 0 aromatic carbocycles. The highest BCUT2D eigenvalue weighted by molar-refractivity contribution is 5.35. The number of aliphatic hydroxyl groups is 1. The average molecular weight is 218 g/mol. The van der Waals surface area contributed by atoms with Crippen molar-refractivity contribution in [3.63, 3.8) is 0 Å². The van der Waals surface area contributed by atoms with Crippen LogP contribution >= 0.6 is 0 Å². The van der Waals surface area contributed by atoms with E-state index in [2.05, 4.69) is 24.3 Å². The van der Waals surface area contributed by atoms with Gasteiger partial charge in [0.2, 0.25) is 0 Å². The van der Waals surface area contributed by atoms with Gasteiger partial charge in [-0.2, -0.15) is 0 Å². The number of rotatable bonds is 2. The molecule has 1 N–H and O–H groups in total. The standard InChI is InChI=1S/C14H18O2/c1-16-8-13-7-14(15)5-4-9-2-3-10(13)12(13)6-11(9)14/h2-5,9-12,15H,6-8H2,1H3/t9-,10?,11-,12?,13+,14+/m1/s1. The maximum atomic E-state index is 10.7. The van der Waals surface area contributed by atoms with E-state index < -0.39 is 5.60 Å². The molecule has 2 bridgehead atoms. The third kappa shape index (κ3) is 0.880. The van der Waals surface area contributed by atoms with Crippen molar-refractivity contribution < 1.29 is 9.84 Å². The third-order valence-corrected chi connectivity index (χ3v) is 5.51. The van der Waals surface area contributed by atoms with Gasteiger partial charge in [0, 0.05) is 24.4 Å². The Bertz CT molecular complexity index is 400. The summed E-state index contributed by atoms with van der Waals surface area (Å²) in [4.78, 5) is 0. The van der Waals surface area contributed by atoms with Crippen molar-refractivity contribution in [1.82, 2.24) is 0 Å². The number of hydrogen-bond donors (Lipinski definition) is 1. The lowest BCUT2D eigenvalue weighted by Gasteiger charge is -2.40. The molecule has 16 heavy (non-hydrogen) atoms. The van der Waals surface area contributed by atoms with E-state index in [-0.39, 0.29) is 5.41 Å². The van der Waals surface area contributed by atoms with E-state index in [1.807, 2.05) is 0 Å². The monoisotopic (exact) mass is 218 g/mol. The van der Waals surface area contributed by atoms with E-state index in [9.17, 15) is 5.11 Å². The molecule has 0 amide bonds. The van der Waals surface area contributed by atoms with Crippen LogP contribution in [0.25, 0.3) is 0 Å². The largest absolute Gasteiger partial charge is 0.385 e. The second-order valence-corrected chi connectivity index (χ2v) is 6.13. The summed E-state index contributed by atoms with van der Waals surface area (Å²) >= 11 is 0. The molecule has 2 nitrogen and oxygen atoms in total. The van der Waals surface area contributed by atoms with Crippen LogP contribution in [-0.2, 0) is 4.74 Å². The molecule has 4 aliphatic carbocycles. The van der Waals surface area contributed by atoms with Gasteiger partial charge >= 0.3 is 0 Å². The molecule has 86 valence electrons. The van der Waals surface area contributed by atoms with Gasteiger partial charge in [-0.3, -0.25) is 0 Å². The first kappa shape index (κ1) is 9.43. The van der Waals surface area contributed by atoms with Crippen molar-refractivity contribution in [3.8, 4) is 0 Å². The third-order valence-electron chi connectivity index (χ3n) is 5.51. The molecule has 0 aliphatic heterocycles. The van der Waals surface area contributed by atoms with Crippen LogP contribution in [0.5, 0.6) is 0 Å². The Kier molecular flexibility index (Phi) is 1.55. The number of fused-ring (bicyclic) bond motifs is 1. The van der Waals surface area contributed by atoms with Crippen LogP contribution in [0.3, 0.4) is 0 Å². The normalized spacial score (nSPS) is 59.9. The van der Waals surface area contributed by atoms with Crippen LogP contribution in [0.15, 0.2) is 24.3 Å². The predicted octanol–water partition coefficient (Wildman–Crippen LogP) is 1.76. The molecule has 4 aliphatic rings. The molecular formula is C14H18O2. The fraction of sp³-hybridized carbons (Fsp3) is 0.714. The van der Waals surface area contributed by atoms with Crippen LogP contribution in [0.2, 0.25) is 0 Å².